The largest absolute Gasteiger partial charge is 0.351 e. The van der Waals surface area contributed by atoms with E-state index in [0.717, 1.165) is 26.6 Å². The molecule has 1 N–H and O–H groups in total. The number of anilines is 1. The van der Waals surface area contributed by atoms with Crippen molar-refractivity contribution in [2.24, 2.45) is 5.92 Å². The van der Waals surface area contributed by atoms with Crippen LogP contribution in [0.1, 0.15) is 28.5 Å². The minimum absolute atomic E-state index is 0.0108. The fourth-order valence-electron chi connectivity index (χ4n) is 3.75. The topological polar surface area (TPSA) is 49.4 Å². The first-order valence-corrected chi connectivity index (χ1v) is 12.1. The van der Waals surface area contributed by atoms with E-state index in [1.54, 1.807) is 11.3 Å². The summed E-state index contributed by atoms with van der Waals surface area (Å²) >= 11 is 3.11. The van der Waals surface area contributed by atoms with Gasteiger partial charge in [0.1, 0.15) is 5.25 Å². The molecule has 6 heteroatoms. The van der Waals surface area contributed by atoms with E-state index < -0.39 is 11.2 Å². The van der Waals surface area contributed by atoms with Gasteiger partial charge in [-0.1, -0.05) is 48.9 Å². The van der Waals surface area contributed by atoms with E-state index in [2.05, 4.69) is 37.4 Å². The molecule has 160 valence electrons. The molecule has 2 heterocycles. The molecule has 1 aromatic heterocycles. The second-order valence-electron chi connectivity index (χ2n) is 7.95. The fraction of sp³-hybridized carbons (Fsp3) is 0.280. The van der Waals surface area contributed by atoms with Crippen molar-refractivity contribution in [2.75, 3.05) is 4.90 Å². The predicted molar refractivity (Wildman–Crippen MR) is 129 cm³/mol. The van der Waals surface area contributed by atoms with Gasteiger partial charge in [0.25, 0.3) is 0 Å². The number of thiophene rings is 1. The summed E-state index contributed by atoms with van der Waals surface area (Å²) in [4.78, 5) is 30.5. The molecule has 1 aliphatic heterocycles. The molecule has 0 bridgehead atoms. The van der Waals surface area contributed by atoms with E-state index in [4.69, 9.17) is 0 Å². The third-order valence-corrected chi connectivity index (χ3v) is 7.98. The molecule has 4 nitrogen and oxygen atoms in total. The summed E-state index contributed by atoms with van der Waals surface area (Å²) in [6, 6.07) is 18.3. The second-order valence-corrected chi connectivity index (χ2v) is 10.2. The Labute approximate surface area is 191 Å². The van der Waals surface area contributed by atoms with Crippen LogP contribution >= 0.6 is 23.1 Å². The van der Waals surface area contributed by atoms with E-state index >= 15 is 0 Å². The monoisotopic (exact) mass is 450 g/mol. The van der Waals surface area contributed by atoms with Gasteiger partial charge in [0.15, 0.2) is 0 Å². The highest BCUT2D eigenvalue weighted by Gasteiger charge is 2.39. The number of benzene rings is 2. The number of hydrogen-bond acceptors (Lipinski definition) is 4. The number of nitrogens with zero attached hydrogens (tertiary/aromatic N) is 1. The number of nitrogens with one attached hydrogen (secondary N) is 1. The molecule has 4 rings (SSSR count). The number of amides is 2. The molecule has 2 aromatic carbocycles. The fourth-order valence-corrected chi connectivity index (χ4v) is 5.68. The zero-order valence-electron chi connectivity index (χ0n) is 17.9. The summed E-state index contributed by atoms with van der Waals surface area (Å²) in [5.74, 6) is -0.541. The summed E-state index contributed by atoms with van der Waals surface area (Å²) in [7, 11) is 0. The molecular weight excluding hydrogens is 424 g/mol. The van der Waals surface area contributed by atoms with Gasteiger partial charge in [-0.05, 0) is 48.6 Å². The number of rotatable bonds is 6. The lowest BCUT2D eigenvalue weighted by atomic mass is 10.0. The Bertz CT molecular complexity index is 1090. The van der Waals surface area contributed by atoms with Crippen LogP contribution in [0.5, 0.6) is 0 Å². The molecule has 0 radical (unpaired) electrons. The lowest BCUT2D eigenvalue weighted by Gasteiger charge is -2.36. The van der Waals surface area contributed by atoms with Gasteiger partial charge in [0, 0.05) is 9.77 Å². The van der Waals surface area contributed by atoms with E-state index in [0.29, 0.717) is 13.1 Å². The van der Waals surface area contributed by atoms with Crippen molar-refractivity contribution >= 4 is 40.6 Å². The first kappa shape index (κ1) is 21.7. The molecule has 0 saturated heterocycles. The van der Waals surface area contributed by atoms with Gasteiger partial charge in [-0.2, -0.15) is 0 Å². The van der Waals surface area contributed by atoms with Crippen molar-refractivity contribution in [2.45, 2.75) is 44.0 Å². The molecule has 0 spiro atoms. The molecule has 2 amide bonds. The average Bonchev–Trinajstić information content (AvgIpc) is 3.29. The molecule has 31 heavy (non-hydrogen) atoms. The van der Waals surface area contributed by atoms with Crippen LogP contribution in [0, 0.1) is 19.8 Å². The third-order valence-electron chi connectivity index (χ3n) is 5.64. The van der Waals surface area contributed by atoms with Crippen LogP contribution in [-0.2, 0) is 22.7 Å². The quantitative estimate of drug-likeness (QED) is 0.553. The Morgan fingerprint density at radius 2 is 1.94 bits per heavy atom. The van der Waals surface area contributed by atoms with Crippen molar-refractivity contribution in [1.82, 2.24) is 5.32 Å². The number of fused-ring (bicyclic) bond motifs is 1. The lowest BCUT2D eigenvalue weighted by Crippen LogP contribution is -2.47. The number of para-hydroxylation sites is 1. The van der Waals surface area contributed by atoms with Gasteiger partial charge in [0.05, 0.1) is 24.7 Å². The summed E-state index contributed by atoms with van der Waals surface area (Å²) in [5.41, 5.74) is 4.38. The molecule has 0 aliphatic carbocycles. The van der Waals surface area contributed by atoms with Crippen molar-refractivity contribution in [3.63, 3.8) is 0 Å². The smallest absolute Gasteiger partial charge is 0.241 e. The molecule has 0 fully saturated rings. The zero-order chi connectivity index (χ0) is 22.0. The van der Waals surface area contributed by atoms with Crippen LogP contribution in [0.2, 0.25) is 0 Å². The highest BCUT2D eigenvalue weighted by atomic mass is 32.2. The van der Waals surface area contributed by atoms with Gasteiger partial charge in [0.2, 0.25) is 11.8 Å². The van der Waals surface area contributed by atoms with Crippen LogP contribution in [0.3, 0.4) is 0 Å². The van der Waals surface area contributed by atoms with Crippen LogP contribution in [0.25, 0.3) is 0 Å². The maximum atomic E-state index is 13.6. The molecule has 1 aliphatic rings. The van der Waals surface area contributed by atoms with Crippen LogP contribution in [-0.4, -0.2) is 17.1 Å². The average molecular weight is 451 g/mol. The first-order chi connectivity index (χ1) is 14.9. The minimum atomic E-state index is -0.455. The number of carbonyl (C=O) groups excluding carboxylic acids is 2. The number of thioether (sulfide) groups is 1. The molecule has 3 aromatic rings. The third kappa shape index (κ3) is 4.70. The Morgan fingerprint density at radius 3 is 2.71 bits per heavy atom. The number of hydrogen-bond donors (Lipinski definition) is 1. The molecule has 2 atom stereocenters. The molecular formula is C25H26N2O2S2. The normalized spacial score (nSPS) is 16.7. The maximum Gasteiger partial charge on any atom is 0.241 e. The molecule has 2 unspecified atom stereocenters. The second kappa shape index (κ2) is 9.28. The summed E-state index contributed by atoms with van der Waals surface area (Å²) < 4.78 is 0. The van der Waals surface area contributed by atoms with E-state index in [1.807, 2.05) is 53.6 Å². The van der Waals surface area contributed by atoms with Gasteiger partial charge in [-0.3, -0.25) is 9.59 Å². The predicted octanol–water partition coefficient (Wildman–Crippen LogP) is 5.32. The zero-order valence-corrected chi connectivity index (χ0v) is 19.6. The summed E-state index contributed by atoms with van der Waals surface area (Å²) in [5, 5.41) is 4.53. The number of carbonyl (C=O) groups is 2. The van der Waals surface area contributed by atoms with Gasteiger partial charge in [-0.25, -0.2) is 0 Å². The number of aryl methyl sites for hydroxylation is 2. The van der Waals surface area contributed by atoms with Gasteiger partial charge < -0.3 is 10.2 Å². The minimum Gasteiger partial charge on any atom is -0.351 e. The van der Waals surface area contributed by atoms with E-state index in [1.165, 1.54) is 17.3 Å². The van der Waals surface area contributed by atoms with Crippen LogP contribution in [0.4, 0.5) is 5.69 Å². The first-order valence-electron chi connectivity index (χ1n) is 10.4. The standard InChI is InChI=1S/C25H26N2O2S2/c1-16-10-11-17(2)19(13-16)15-27-21-8-4-5-9-22(21)31-23(25(27)29)18(3)24(28)26-14-20-7-6-12-30-20/h4-13,18,23H,14-15H2,1-3H3,(H,26,28). The Kier molecular flexibility index (Phi) is 6.49. The summed E-state index contributed by atoms with van der Waals surface area (Å²) in [6.07, 6.45) is 0. The van der Waals surface area contributed by atoms with Crippen molar-refractivity contribution in [1.29, 1.82) is 0 Å². The van der Waals surface area contributed by atoms with Crippen LogP contribution < -0.4 is 10.2 Å². The van der Waals surface area contributed by atoms with E-state index in [9.17, 15) is 9.59 Å². The van der Waals surface area contributed by atoms with Gasteiger partial charge in [-0.15, -0.1) is 23.1 Å². The van der Waals surface area contributed by atoms with Crippen molar-refractivity contribution < 1.29 is 9.59 Å². The van der Waals surface area contributed by atoms with Crippen LogP contribution in [0.15, 0.2) is 64.9 Å². The Morgan fingerprint density at radius 1 is 1.13 bits per heavy atom. The highest BCUT2D eigenvalue weighted by Crippen LogP contribution is 2.42. The van der Waals surface area contributed by atoms with Gasteiger partial charge >= 0.3 is 0 Å². The Balaban J connectivity index is 1.58. The van der Waals surface area contributed by atoms with Crippen molar-refractivity contribution in [3.8, 4) is 0 Å². The lowest BCUT2D eigenvalue weighted by molar-refractivity contribution is -0.128. The Hall–Kier alpha value is -2.57. The maximum absolute atomic E-state index is 13.6. The highest BCUT2D eigenvalue weighted by molar-refractivity contribution is 8.01. The summed E-state index contributed by atoms with van der Waals surface area (Å²) in [6.45, 7) is 6.98. The molecule has 0 saturated carbocycles. The van der Waals surface area contributed by atoms with E-state index in [-0.39, 0.29) is 11.8 Å². The van der Waals surface area contributed by atoms with Crippen molar-refractivity contribution in [3.05, 3.63) is 81.5 Å². The SMILES string of the molecule is Cc1ccc(C)c(CN2C(=O)C(C(C)C(=O)NCc3cccs3)Sc3ccccc32)c1.